The molecule has 1 aliphatic carbocycles. The zero-order valence-corrected chi connectivity index (χ0v) is 12.4. The number of hydrogen-bond donors (Lipinski definition) is 2. The van der Waals surface area contributed by atoms with E-state index in [1.165, 1.54) is 37.8 Å². The maximum atomic E-state index is 6.06. The maximum absolute atomic E-state index is 6.06. The Balaban J connectivity index is 1.49. The third-order valence-electron chi connectivity index (χ3n) is 4.92. The van der Waals surface area contributed by atoms with Crippen molar-refractivity contribution in [2.75, 3.05) is 26.2 Å². The molecule has 2 aliphatic rings. The Labute approximate surface area is 122 Å². The molecule has 1 aromatic rings. The molecule has 0 radical (unpaired) electrons. The Morgan fingerprint density at radius 2 is 1.85 bits per heavy atom. The van der Waals surface area contributed by atoms with Gasteiger partial charge in [0.25, 0.3) is 0 Å². The number of hydrogen-bond acceptors (Lipinski definition) is 3. The summed E-state index contributed by atoms with van der Waals surface area (Å²) in [7, 11) is 0. The molecular weight excluding hydrogens is 246 g/mol. The summed E-state index contributed by atoms with van der Waals surface area (Å²) in [4.78, 5) is 2.56. The number of rotatable bonds is 6. The summed E-state index contributed by atoms with van der Waals surface area (Å²) in [6.45, 7) is 5.34. The van der Waals surface area contributed by atoms with Crippen LogP contribution in [0, 0.1) is 5.92 Å². The molecule has 0 amide bonds. The highest BCUT2D eigenvalue weighted by Crippen LogP contribution is 2.30. The number of piperidine rings is 1. The van der Waals surface area contributed by atoms with Crippen LogP contribution in [0.2, 0.25) is 0 Å². The van der Waals surface area contributed by atoms with Crippen molar-refractivity contribution in [3.8, 4) is 0 Å². The highest BCUT2D eigenvalue weighted by molar-refractivity contribution is 5.14. The molecule has 3 nitrogen and oxygen atoms in total. The Hall–Kier alpha value is -0.900. The number of nitrogens with two attached hydrogens (primary N) is 1. The standard InChI is InChI=1S/C17H27N3/c18-14-17(19-12-15-6-7-15)8-10-20(11-9-17)13-16-4-2-1-3-5-16/h1-5,15,19H,6-14,18H2. The van der Waals surface area contributed by atoms with E-state index < -0.39 is 0 Å². The van der Waals surface area contributed by atoms with Crippen molar-refractivity contribution < 1.29 is 0 Å². The summed E-state index contributed by atoms with van der Waals surface area (Å²) in [6, 6.07) is 10.8. The van der Waals surface area contributed by atoms with Crippen LogP contribution in [-0.4, -0.2) is 36.6 Å². The van der Waals surface area contributed by atoms with Crippen LogP contribution in [-0.2, 0) is 6.54 Å². The first-order valence-corrected chi connectivity index (χ1v) is 8.01. The molecule has 110 valence electrons. The van der Waals surface area contributed by atoms with Gasteiger partial charge < -0.3 is 11.1 Å². The van der Waals surface area contributed by atoms with Gasteiger partial charge in [-0.15, -0.1) is 0 Å². The summed E-state index contributed by atoms with van der Waals surface area (Å²) in [5.74, 6) is 0.931. The van der Waals surface area contributed by atoms with Crippen LogP contribution >= 0.6 is 0 Å². The van der Waals surface area contributed by atoms with Crippen molar-refractivity contribution in [2.45, 2.75) is 37.8 Å². The lowest BCUT2D eigenvalue weighted by atomic mass is 9.87. The van der Waals surface area contributed by atoms with Gasteiger partial charge in [0, 0.05) is 31.7 Å². The molecule has 2 fully saturated rings. The molecule has 3 rings (SSSR count). The predicted octanol–water partition coefficient (Wildman–Crippen LogP) is 1.98. The smallest absolute Gasteiger partial charge is 0.0328 e. The van der Waals surface area contributed by atoms with E-state index in [0.717, 1.165) is 32.1 Å². The Bertz CT molecular complexity index is 406. The second-order valence-corrected chi connectivity index (χ2v) is 6.57. The fourth-order valence-corrected chi connectivity index (χ4v) is 3.12. The highest BCUT2D eigenvalue weighted by Gasteiger charge is 2.34. The first kappa shape index (κ1) is 14.1. The molecule has 0 spiro atoms. The average Bonchev–Trinajstić information content (AvgIpc) is 3.32. The van der Waals surface area contributed by atoms with E-state index in [1.807, 2.05) is 0 Å². The third-order valence-corrected chi connectivity index (χ3v) is 4.92. The van der Waals surface area contributed by atoms with Crippen LogP contribution in [0.15, 0.2) is 30.3 Å². The van der Waals surface area contributed by atoms with Crippen LogP contribution in [0.3, 0.4) is 0 Å². The molecule has 0 bridgehead atoms. The Morgan fingerprint density at radius 1 is 1.15 bits per heavy atom. The van der Waals surface area contributed by atoms with Crippen molar-refractivity contribution in [1.29, 1.82) is 0 Å². The van der Waals surface area contributed by atoms with Crippen LogP contribution in [0.1, 0.15) is 31.2 Å². The predicted molar refractivity (Wildman–Crippen MR) is 83.5 cm³/mol. The van der Waals surface area contributed by atoms with Crippen LogP contribution in [0.4, 0.5) is 0 Å². The molecule has 1 saturated heterocycles. The fourth-order valence-electron chi connectivity index (χ4n) is 3.12. The largest absolute Gasteiger partial charge is 0.329 e. The minimum absolute atomic E-state index is 0.204. The van der Waals surface area contributed by atoms with Crippen molar-refractivity contribution >= 4 is 0 Å². The van der Waals surface area contributed by atoms with Crippen LogP contribution in [0.25, 0.3) is 0 Å². The van der Waals surface area contributed by atoms with Crippen molar-refractivity contribution in [3.63, 3.8) is 0 Å². The molecule has 3 heteroatoms. The molecular formula is C17H27N3. The average molecular weight is 273 g/mol. The number of likely N-dealkylation sites (tertiary alicyclic amines) is 1. The summed E-state index contributed by atoms with van der Waals surface area (Å²) in [5.41, 5.74) is 7.68. The van der Waals surface area contributed by atoms with Crippen LogP contribution < -0.4 is 11.1 Å². The molecule has 1 heterocycles. The lowest BCUT2D eigenvalue weighted by Crippen LogP contribution is -2.57. The minimum Gasteiger partial charge on any atom is -0.329 e. The van der Waals surface area contributed by atoms with Gasteiger partial charge in [-0.05, 0) is 43.7 Å². The molecule has 20 heavy (non-hydrogen) atoms. The molecule has 1 aliphatic heterocycles. The molecule has 0 atom stereocenters. The van der Waals surface area contributed by atoms with Gasteiger partial charge in [0.2, 0.25) is 0 Å². The molecule has 3 N–H and O–H groups in total. The topological polar surface area (TPSA) is 41.3 Å². The van der Waals surface area contributed by atoms with Gasteiger partial charge in [-0.3, -0.25) is 4.90 Å². The summed E-state index contributed by atoms with van der Waals surface area (Å²) < 4.78 is 0. The van der Waals surface area contributed by atoms with Gasteiger partial charge in [-0.2, -0.15) is 0 Å². The van der Waals surface area contributed by atoms with Gasteiger partial charge >= 0.3 is 0 Å². The van der Waals surface area contributed by atoms with Crippen molar-refractivity contribution in [1.82, 2.24) is 10.2 Å². The van der Waals surface area contributed by atoms with E-state index in [2.05, 4.69) is 40.5 Å². The first-order chi connectivity index (χ1) is 9.80. The summed E-state index contributed by atoms with van der Waals surface area (Å²) in [6.07, 6.45) is 5.19. The monoisotopic (exact) mass is 273 g/mol. The summed E-state index contributed by atoms with van der Waals surface area (Å²) >= 11 is 0. The quantitative estimate of drug-likeness (QED) is 0.833. The van der Waals surface area contributed by atoms with Gasteiger partial charge in [0.15, 0.2) is 0 Å². The Kier molecular flexibility index (Phi) is 4.39. The number of benzene rings is 1. The molecule has 0 aromatic heterocycles. The van der Waals surface area contributed by atoms with Gasteiger partial charge in [-0.25, -0.2) is 0 Å². The van der Waals surface area contributed by atoms with E-state index in [9.17, 15) is 0 Å². The third kappa shape index (κ3) is 3.60. The molecule has 1 aromatic carbocycles. The summed E-state index contributed by atoms with van der Waals surface area (Å²) in [5, 5.41) is 3.78. The number of nitrogens with one attached hydrogen (secondary N) is 1. The zero-order valence-electron chi connectivity index (χ0n) is 12.4. The minimum atomic E-state index is 0.204. The van der Waals surface area contributed by atoms with E-state index in [1.54, 1.807) is 0 Å². The van der Waals surface area contributed by atoms with Crippen molar-refractivity contribution in [3.05, 3.63) is 35.9 Å². The normalized spacial score (nSPS) is 22.9. The van der Waals surface area contributed by atoms with Crippen molar-refractivity contribution in [2.24, 2.45) is 11.7 Å². The zero-order chi connectivity index (χ0) is 13.8. The van der Waals surface area contributed by atoms with Gasteiger partial charge in [-0.1, -0.05) is 30.3 Å². The van der Waals surface area contributed by atoms with Gasteiger partial charge in [0.1, 0.15) is 0 Å². The van der Waals surface area contributed by atoms with E-state index in [0.29, 0.717) is 0 Å². The van der Waals surface area contributed by atoms with Crippen LogP contribution in [0.5, 0.6) is 0 Å². The molecule has 0 unspecified atom stereocenters. The van der Waals surface area contributed by atoms with E-state index in [4.69, 9.17) is 5.73 Å². The highest BCUT2D eigenvalue weighted by atomic mass is 15.2. The Morgan fingerprint density at radius 3 is 2.45 bits per heavy atom. The second kappa shape index (κ2) is 6.25. The first-order valence-electron chi connectivity index (χ1n) is 8.01. The van der Waals surface area contributed by atoms with E-state index >= 15 is 0 Å². The lowest BCUT2D eigenvalue weighted by Gasteiger charge is -2.42. The SMILES string of the molecule is NCC1(NCC2CC2)CCN(Cc2ccccc2)CC1. The molecule has 1 saturated carbocycles. The number of nitrogens with zero attached hydrogens (tertiary/aromatic N) is 1. The fraction of sp³-hybridized carbons (Fsp3) is 0.647. The maximum Gasteiger partial charge on any atom is 0.0328 e. The lowest BCUT2D eigenvalue weighted by molar-refractivity contribution is 0.133. The second-order valence-electron chi connectivity index (χ2n) is 6.57. The van der Waals surface area contributed by atoms with Gasteiger partial charge in [0.05, 0.1) is 0 Å². The van der Waals surface area contributed by atoms with E-state index in [-0.39, 0.29) is 5.54 Å².